The molecular formula is C18H18N4O. The zero-order valence-corrected chi connectivity index (χ0v) is 13.1. The van der Waals surface area contributed by atoms with Crippen LogP contribution in [0.1, 0.15) is 16.7 Å². The summed E-state index contributed by atoms with van der Waals surface area (Å²) in [5, 5.41) is 14.9. The van der Waals surface area contributed by atoms with E-state index >= 15 is 0 Å². The standard InChI is InChI=1S/C18H18N4O/c1-13-5-3-7-17(14(13)2)22-18(23)16(9-19)12-21-11-15-6-4-8-20-10-15/h3-8,10,12,21H,11H2,1-2H3,(H,22,23)/b16-12-. The Labute approximate surface area is 135 Å². The maximum atomic E-state index is 12.2. The first-order valence-corrected chi connectivity index (χ1v) is 7.22. The Bertz CT molecular complexity index is 760. The average molecular weight is 306 g/mol. The fourth-order valence-corrected chi connectivity index (χ4v) is 2.00. The molecule has 0 unspecified atom stereocenters. The van der Waals surface area contributed by atoms with Gasteiger partial charge in [0.15, 0.2) is 0 Å². The first-order valence-electron chi connectivity index (χ1n) is 7.22. The topological polar surface area (TPSA) is 77.8 Å². The van der Waals surface area contributed by atoms with Crippen LogP contribution in [0.3, 0.4) is 0 Å². The molecule has 23 heavy (non-hydrogen) atoms. The van der Waals surface area contributed by atoms with Crippen molar-refractivity contribution in [2.24, 2.45) is 0 Å². The van der Waals surface area contributed by atoms with Crippen LogP contribution < -0.4 is 10.6 Å². The monoisotopic (exact) mass is 306 g/mol. The molecule has 1 amide bonds. The normalized spacial score (nSPS) is 10.7. The van der Waals surface area contributed by atoms with Gasteiger partial charge in [-0.25, -0.2) is 0 Å². The number of pyridine rings is 1. The molecule has 2 rings (SSSR count). The van der Waals surface area contributed by atoms with Gasteiger partial charge in [0.25, 0.3) is 5.91 Å². The van der Waals surface area contributed by atoms with E-state index in [1.807, 2.05) is 50.2 Å². The van der Waals surface area contributed by atoms with Crippen LogP contribution in [-0.4, -0.2) is 10.9 Å². The van der Waals surface area contributed by atoms with Crippen molar-refractivity contribution in [2.45, 2.75) is 20.4 Å². The van der Waals surface area contributed by atoms with Crippen LogP contribution in [-0.2, 0) is 11.3 Å². The first kappa shape index (κ1) is 16.2. The van der Waals surface area contributed by atoms with E-state index in [1.54, 1.807) is 12.4 Å². The van der Waals surface area contributed by atoms with Crippen molar-refractivity contribution in [1.82, 2.24) is 10.3 Å². The lowest BCUT2D eigenvalue weighted by atomic mass is 10.1. The number of nitrogens with one attached hydrogen (secondary N) is 2. The van der Waals surface area contributed by atoms with Crippen LogP contribution in [0.25, 0.3) is 0 Å². The number of hydrogen-bond acceptors (Lipinski definition) is 4. The van der Waals surface area contributed by atoms with Gasteiger partial charge in [0.05, 0.1) is 0 Å². The number of aryl methyl sites for hydroxylation is 1. The quantitative estimate of drug-likeness (QED) is 0.658. The van der Waals surface area contributed by atoms with Crippen molar-refractivity contribution in [1.29, 1.82) is 5.26 Å². The summed E-state index contributed by atoms with van der Waals surface area (Å²) < 4.78 is 0. The van der Waals surface area contributed by atoms with Crippen molar-refractivity contribution in [3.63, 3.8) is 0 Å². The molecule has 5 heteroatoms. The van der Waals surface area contributed by atoms with Gasteiger partial charge in [0.1, 0.15) is 11.6 Å². The first-order chi connectivity index (χ1) is 11.1. The largest absolute Gasteiger partial charge is 0.386 e. The van der Waals surface area contributed by atoms with Gasteiger partial charge in [-0.2, -0.15) is 5.26 Å². The van der Waals surface area contributed by atoms with E-state index in [-0.39, 0.29) is 5.57 Å². The number of nitriles is 1. The number of benzene rings is 1. The molecule has 1 aromatic heterocycles. The second-order valence-electron chi connectivity index (χ2n) is 5.11. The van der Waals surface area contributed by atoms with E-state index in [0.717, 1.165) is 16.7 Å². The summed E-state index contributed by atoms with van der Waals surface area (Å²) in [4.78, 5) is 16.2. The highest BCUT2D eigenvalue weighted by atomic mass is 16.1. The minimum absolute atomic E-state index is 0.0230. The predicted molar refractivity (Wildman–Crippen MR) is 89.3 cm³/mol. The van der Waals surface area contributed by atoms with Crippen molar-refractivity contribution in [2.75, 3.05) is 5.32 Å². The molecule has 2 aromatic rings. The fraction of sp³-hybridized carbons (Fsp3) is 0.167. The number of hydrogen-bond donors (Lipinski definition) is 2. The van der Waals surface area contributed by atoms with Crippen LogP contribution in [0, 0.1) is 25.2 Å². The Morgan fingerprint density at radius 3 is 2.83 bits per heavy atom. The summed E-state index contributed by atoms with van der Waals surface area (Å²) in [6, 6.07) is 11.3. The molecule has 0 radical (unpaired) electrons. The molecule has 0 saturated heterocycles. The fourth-order valence-electron chi connectivity index (χ4n) is 2.00. The number of nitrogens with zero attached hydrogens (tertiary/aromatic N) is 2. The summed E-state index contributed by atoms with van der Waals surface area (Å²) in [6.45, 7) is 4.40. The number of rotatable bonds is 5. The van der Waals surface area contributed by atoms with E-state index < -0.39 is 5.91 Å². The van der Waals surface area contributed by atoms with Gasteiger partial charge in [-0.1, -0.05) is 18.2 Å². The molecule has 0 bridgehead atoms. The Kier molecular flexibility index (Phi) is 5.48. The lowest BCUT2D eigenvalue weighted by Crippen LogP contribution is -2.17. The number of carbonyl (C=O) groups excluding carboxylic acids is 1. The Hall–Kier alpha value is -3.13. The molecule has 0 aliphatic rings. The van der Waals surface area contributed by atoms with Crippen LogP contribution in [0.4, 0.5) is 5.69 Å². The summed E-state index contributed by atoms with van der Waals surface area (Å²) in [6.07, 6.45) is 4.84. The second-order valence-corrected chi connectivity index (χ2v) is 5.11. The van der Waals surface area contributed by atoms with Gasteiger partial charge >= 0.3 is 0 Å². The maximum Gasteiger partial charge on any atom is 0.267 e. The van der Waals surface area contributed by atoms with E-state index in [1.165, 1.54) is 6.20 Å². The number of anilines is 1. The molecule has 0 aliphatic carbocycles. The smallest absolute Gasteiger partial charge is 0.267 e. The third kappa shape index (κ3) is 4.42. The van der Waals surface area contributed by atoms with Crippen LogP contribution >= 0.6 is 0 Å². The Morgan fingerprint density at radius 1 is 1.30 bits per heavy atom. The number of amides is 1. The van der Waals surface area contributed by atoms with Gasteiger partial charge in [0.2, 0.25) is 0 Å². The highest BCUT2D eigenvalue weighted by molar-refractivity contribution is 6.06. The minimum atomic E-state index is -0.431. The van der Waals surface area contributed by atoms with Gasteiger partial charge < -0.3 is 10.6 Å². The van der Waals surface area contributed by atoms with Gasteiger partial charge in [-0.3, -0.25) is 9.78 Å². The molecular weight excluding hydrogens is 288 g/mol. The molecule has 1 aromatic carbocycles. The van der Waals surface area contributed by atoms with Gasteiger partial charge in [-0.15, -0.1) is 0 Å². The van der Waals surface area contributed by atoms with Gasteiger partial charge in [-0.05, 0) is 42.7 Å². The highest BCUT2D eigenvalue weighted by Gasteiger charge is 2.11. The predicted octanol–water partition coefficient (Wildman–Crippen LogP) is 2.83. The number of aromatic nitrogens is 1. The van der Waals surface area contributed by atoms with Crippen molar-refractivity contribution < 1.29 is 4.79 Å². The molecule has 2 N–H and O–H groups in total. The average Bonchev–Trinajstić information content (AvgIpc) is 2.56. The zero-order chi connectivity index (χ0) is 16.7. The van der Waals surface area contributed by atoms with Crippen LogP contribution in [0.2, 0.25) is 0 Å². The third-order valence-corrected chi connectivity index (χ3v) is 3.49. The van der Waals surface area contributed by atoms with E-state index in [2.05, 4.69) is 15.6 Å². The SMILES string of the molecule is Cc1cccc(NC(=O)/C(C#N)=C\NCc2cccnc2)c1C. The maximum absolute atomic E-state index is 12.2. The lowest BCUT2D eigenvalue weighted by Gasteiger charge is -2.10. The molecule has 0 spiro atoms. The summed E-state index contributed by atoms with van der Waals surface area (Å²) in [5.74, 6) is -0.431. The van der Waals surface area contributed by atoms with E-state index in [9.17, 15) is 4.79 Å². The van der Waals surface area contributed by atoms with E-state index in [4.69, 9.17) is 5.26 Å². The molecule has 0 fully saturated rings. The van der Waals surface area contributed by atoms with Gasteiger partial charge in [0, 0.05) is 30.8 Å². The molecule has 0 aliphatic heterocycles. The molecule has 5 nitrogen and oxygen atoms in total. The molecule has 116 valence electrons. The van der Waals surface area contributed by atoms with Crippen molar-refractivity contribution >= 4 is 11.6 Å². The Morgan fingerprint density at radius 2 is 2.13 bits per heavy atom. The molecule has 0 atom stereocenters. The molecule has 0 saturated carbocycles. The summed E-state index contributed by atoms with van der Waals surface area (Å²) in [7, 11) is 0. The van der Waals surface area contributed by atoms with Crippen LogP contribution in [0.5, 0.6) is 0 Å². The summed E-state index contributed by atoms with van der Waals surface area (Å²) in [5.41, 5.74) is 3.77. The Balaban J connectivity index is 2.02. The third-order valence-electron chi connectivity index (χ3n) is 3.49. The molecule has 1 heterocycles. The van der Waals surface area contributed by atoms with Crippen LogP contribution in [0.15, 0.2) is 54.5 Å². The van der Waals surface area contributed by atoms with E-state index in [0.29, 0.717) is 12.2 Å². The summed E-state index contributed by atoms with van der Waals surface area (Å²) >= 11 is 0. The minimum Gasteiger partial charge on any atom is -0.386 e. The number of carbonyl (C=O) groups is 1. The second kappa shape index (κ2) is 7.76. The lowest BCUT2D eigenvalue weighted by molar-refractivity contribution is -0.112. The van der Waals surface area contributed by atoms with Crippen molar-refractivity contribution in [3.8, 4) is 6.07 Å². The van der Waals surface area contributed by atoms with Crippen molar-refractivity contribution in [3.05, 3.63) is 71.2 Å². The zero-order valence-electron chi connectivity index (χ0n) is 13.1. The highest BCUT2D eigenvalue weighted by Crippen LogP contribution is 2.18.